The van der Waals surface area contributed by atoms with Crippen LogP contribution in [0.5, 0.6) is 0 Å². The molecular weight excluding hydrogens is 355 g/mol. The number of rotatable bonds is 5. The molecule has 0 atom stereocenters. The maximum atomic E-state index is 12.3. The highest BCUT2D eigenvalue weighted by atomic mass is 35.5. The summed E-state index contributed by atoms with van der Waals surface area (Å²) < 4.78 is 0. The van der Waals surface area contributed by atoms with E-state index >= 15 is 0 Å². The largest absolute Gasteiger partial charge is 0.322 e. The van der Waals surface area contributed by atoms with Gasteiger partial charge in [0.1, 0.15) is 0 Å². The van der Waals surface area contributed by atoms with Gasteiger partial charge in [0.15, 0.2) is 0 Å². The highest BCUT2D eigenvalue weighted by Crippen LogP contribution is 2.29. The third-order valence-corrected chi connectivity index (χ3v) is 4.54. The lowest BCUT2D eigenvalue weighted by molar-refractivity contribution is -0.117. The molecule has 0 aliphatic carbocycles. The second kappa shape index (κ2) is 7.87. The number of carbonyl (C=O) groups excluding carboxylic acids is 1. The van der Waals surface area contributed by atoms with E-state index in [2.05, 4.69) is 35.6 Å². The Morgan fingerprint density at radius 3 is 2.36 bits per heavy atom. The second-order valence-corrected chi connectivity index (χ2v) is 6.81. The van der Waals surface area contributed by atoms with E-state index in [0.29, 0.717) is 22.3 Å². The summed E-state index contributed by atoms with van der Waals surface area (Å²) in [6.07, 6.45) is 0. The van der Waals surface area contributed by atoms with Crippen molar-refractivity contribution in [3.8, 4) is 0 Å². The molecule has 0 fully saturated rings. The lowest BCUT2D eigenvalue weighted by Gasteiger charge is -2.17. The van der Waals surface area contributed by atoms with Crippen molar-refractivity contribution in [3.05, 3.63) is 76.3 Å². The van der Waals surface area contributed by atoms with Crippen molar-refractivity contribution in [2.75, 3.05) is 18.9 Å². The quantitative estimate of drug-likeness (QED) is 0.665. The molecule has 0 unspecified atom stereocenters. The normalized spacial score (nSPS) is 11.0. The van der Waals surface area contributed by atoms with Crippen molar-refractivity contribution >= 4 is 45.6 Å². The maximum Gasteiger partial charge on any atom is 0.238 e. The van der Waals surface area contributed by atoms with Crippen molar-refractivity contribution < 1.29 is 4.79 Å². The molecule has 0 saturated carbocycles. The Balaban J connectivity index is 1.63. The predicted octanol–water partition coefficient (Wildman–Crippen LogP) is 5.22. The summed E-state index contributed by atoms with van der Waals surface area (Å²) in [4.78, 5) is 14.2. The second-order valence-electron chi connectivity index (χ2n) is 6.00. The number of nitrogens with zero attached hydrogens (tertiary/aromatic N) is 1. The van der Waals surface area contributed by atoms with E-state index in [1.54, 1.807) is 18.2 Å². The molecule has 25 heavy (non-hydrogen) atoms. The van der Waals surface area contributed by atoms with Crippen molar-refractivity contribution in [1.29, 1.82) is 0 Å². The molecule has 3 nitrogen and oxygen atoms in total. The number of likely N-dealkylation sites (N-methyl/N-ethyl adjacent to an activating group) is 1. The number of halogens is 2. The molecule has 3 rings (SSSR count). The summed E-state index contributed by atoms with van der Waals surface area (Å²) in [6, 6.07) is 19.7. The number of hydrogen-bond donors (Lipinski definition) is 1. The van der Waals surface area contributed by atoms with Crippen LogP contribution in [-0.4, -0.2) is 24.4 Å². The van der Waals surface area contributed by atoms with E-state index in [1.165, 1.54) is 10.8 Å². The summed E-state index contributed by atoms with van der Waals surface area (Å²) in [5.41, 5.74) is 1.61. The summed E-state index contributed by atoms with van der Waals surface area (Å²) in [7, 11) is 1.91. The Bertz CT molecular complexity index is 891. The molecule has 0 aliphatic heterocycles. The Morgan fingerprint density at radius 2 is 1.64 bits per heavy atom. The zero-order valence-corrected chi connectivity index (χ0v) is 15.3. The first-order chi connectivity index (χ1) is 12.0. The average molecular weight is 373 g/mol. The first-order valence-electron chi connectivity index (χ1n) is 7.93. The minimum atomic E-state index is -0.154. The summed E-state index contributed by atoms with van der Waals surface area (Å²) in [5.74, 6) is -0.154. The van der Waals surface area contributed by atoms with Crippen LogP contribution in [0.2, 0.25) is 10.0 Å². The molecule has 128 valence electrons. The summed E-state index contributed by atoms with van der Waals surface area (Å²) in [6.45, 7) is 0.920. The number of amides is 1. The minimum Gasteiger partial charge on any atom is -0.322 e. The van der Waals surface area contributed by atoms with E-state index in [-0.39, 0.29) is 12.5 Å². The molecule has 0 aromatic heterocycles. The number of hydrogen-bond acceptors (Lipinski definition) is 2. The van der Waals surface area contributed by atoms with Crippen LogP contribution in [0.15, 0.2) is 60.7 Å². The van der Waals surface area contributed by atoms with Gasteiger partial charge in [0.25, 0.3) is 0 Å². The molecule has 1 N–H and O–H groups in total. The SMILES string of the molecule is CN(CC(=O)Nc1c(Cl)cccc1Cl)Cc1ccc2ccccc2c1. The summed E-state index contributed by atoms with van der Waals surface area (Å²) >= 11 is 12.2. The Labute approximate surface area is 157 Å². The number of para-hydroxylation sites is 1. The van der Waals surface area contributed by atoms with Gasteiger partial charge in [-0.3, -0.25) is 9.69 Å². The topological polar surface area (TPSA) is 32.3 Å². The fourth-order valence-corrected chi connectivity index (χ4v) is 3.24. The number of anilines is 1. The Hall–Kier alpha value is -2.07. The maximum absolute atomic E-state index is 12.3. The first-order valence-corrected chi connectivity index (χ1v) is 8.68. The molecule has 0 bridgehead atoms. The molecule has 1 amide bonds. The third kappa shape index (κ3) is 4.51. The molecule has 3 aromatic rings. The van der Waals surface area contributed by atoms with Gasteiger partial charge in [-0.2, -0.15) is 0 Å². The smallest absolute Gasteiger partial charge is 0.238 e. The van der Waals surface area contributed by atoms with Crippen LogP contribution >= 0.6 is 23.2 Å². The van der Waals surface area contributed by atoms with Gasteiger partial charge in [-0.25, -0.2) is 0 Å². The third-order valence-electron chi connectivity index (χ3n) is 3.91. The van der Waals surface area contributed by atoms with Crippen LogP contribution in [0.4, 0.5) is 5.69 Å². The number of benzene rings is 3. The van der Waals surface area contributed by atoms with Gasteiger partial charge in [-0.1, -0.05) is 65.7 Å². The fourth-order valence-electron chi connectivity index (χ4n) is 2.75. The van der Waals surface area contributed by atoms with Crippen molar-refractivity contribution in [2.24, 2.45) is 0 Å². The van der Waals surface area contributed by atoms with Gasteiger partial charge in [0.05, 0.1) is 22.3 Å². The zero-order valence-electron chi connectivity index (χ0n) is 13.8. The molecule has 0 heterocycles. The van der Waals surface area contributed by atoms with E-state index in [0.717, 1.165) is 5.56 Å². The molecule has 0 aliphatic rings. The fraction of sp³-hybridized carbons (Fsp3) is 0.150. The number of carbonyl (C=O) groups is 1. The first kappa shape index (κ1) is 17.7. The van der Waals surface area contributed by atoms with Gasteiger partial charge in [-0.15, -0.1) is 0 Å². The molecule has 0 spiro atoms. The van der Waals surface area contributed by atoms with Gasteiger partial charge >= 0.3 is 0 Å². The minimum absolute atomic E-state index is 0.154. The lowest BCUT2D eigenvalue weighted by atomic mass is 10.1. The van der Waals surface area contributed by atoms with Crippen LogP contribution in [-0.2, 0) is 11.3 Å². The number of fused-ring (bicyclic) bond motifs is 1. The van der Waals surface area contributed by atoms with Crippen LogP contribution in [0.3, 0.4) is 0 Å². The van der Waals surface area contributed by atoms with E-state index in [1.807, 2.05) is 24.1 Å². The molecule has 0 radical (unpaired) electrons. The Kier molecular flexibility index (Phi) is 5.59. The van der Waals surface area contributed by atoms with Gasteiger partial charge < -0.3 is 5.32 Å². The molecular formula is C20H18Cl2N2O. The van der Waals surface area contributed by atoms with E-state index in [4.69, 9.17) is 23.2 Å². The van der Waals surface area contributed by atoms with Crippen LogP contribution in [0.25, 0.3) is 10.8 Å². The molecule has 3 aromatic carbocycles. The van der Waals surface area contributed by atoms with Gasteiger partial charge in [-0.05, 0) is 41.6 Å². The monoisotopic (exact) mass is 372 g/mol. The molecule has 0 saturated heterocycles. The van der Waals surface area contributed by atoms with Crippen molar-refractivity contribution in [2.45, 2.75) is 6.54 Å². The Morgan fingerprint density at radius 1 is 0.960 bits per heavy atom. The average Bonchev–Trinajstić information content (AvgIpc) is 2.58. The van der Waals surface area contributed by atoms with E-state index < -0.39 is 0 Å². The van der Waals surface area contributed by atoms with Crippen LogP contribution in [0.1, 0.15) is 5.56 Å². The van der Waals surface area contributed by atoms with Crippen molar-refractivity contribution in [1.82, 2.24) is 4.90 Å². The van der Waals surface area contributed by atoms with Crippen molar-refractivity contribution in [3.63, 3.8) is 0 Å². The van der Waals surface area contributed by atoms with Crippen LogP contribution < -0.4 is 5.32 Å². The number of nitrogens with one attached hydrogen (secondary N) is 1. The highest BCUT2D eigenvalue weighted by Gasteiger charge is 2.12. The summed E-state index contributed by atoms with van der Waals surface area (Å²) in [5, 5.41) is 6.04. The van der Waals surface area contributed by atoms with Gasteiger partial charge in [0, 0.05) is 6.54 Å². The predicted molar refractivity (Wildman–Crippen MR) is 105 cm³/mol. The van der Waals surface area contributed by atoms with Crippen LogP contribution in [0, 0.1) is 0 Å². The lowest BCUT2D eigenvalue weighted by Crippen LogP contribution is -2.30. The van der Waals surface area contributed by atoms with E-state index in [9.17, 15) is 4.79 Å². The molecule has 5 heteroatoms. The zero-order chi connectivity index (χ0) is 17.8. The standard InChI is InChI=1S/C20H18Cl2N2O/c1-24(12-14-9-10-15-5-2-3-6-16(15)11-14)13-19(25)23-20-17(21)7-4-8-18(20)22/h2-11H,12-13H2,1H3,(H,23,25). The van der Waals surface area contributed by atoms with Gasteiger partial charge in [0.2, 0.25) is 5.91 Å². The highest BCUT2D eigenvalue weighted by molar-refractivity contribution is 6.39.